The van der Waals surface area contributed by atoms with Crippen LogP contribution >= 0.6 is 0 Å². The van der Waals surface area contributed by atoms with Crippen LogP contribution in [0.4, 0.5) is 0 Å². The zero-order valence-corrected chi connectivity index (χ0v) is 13.3. The van der Waals surface area contributed by atoms with Crippen LogP contribution in [0.15, 0.2) is 30.3 Å². The number of hydrogen-bond donors (Lipinski definition) is 2. The van der Waals surface area contributed by atoms with E-state index >= 15 is 0 Å². The van der Waals surface area contributed by atoms with Gasteiger partial charge in [0.15, 0.2) is 5.78 Å². The first kappa shape index (κ1) is 17.1. The molecule has 1 aliphatic heterocycles. The molecular formula is C18H28N2O2. The van der Waals surface area contributed by atoms with Gasteiger partial charge in [0, 0.05) is 31.6 Å². The third-order valence-electron chi connectivity index (χ3n) is 4.64. The van der Waals surface area contributed by atoms with Gasteiger partial charge < -0.3 is 15.7 Å². The SMILES string of the molecule is NCC1(O)CCN(CCCCCC(=O)c2ccccc2)CC1. The number of piperidine rings is 1. The summed E-state index contributed by atoms with van der Waals surface area (Å²) in [6, 6.07) is 9.52. The van der Waals surface area contributed by atoms with Gasteiger partial charge in [0.25, 0.3) is 0 Å². The summed E-state index contributed by atoms with van der Waals surface area (Å²) in [4.78, 5) is 14.4. The van der Waals surface area contributed by atoms with E-state index in [1.54, 1.807) is 0 Å². The van der Waals surface area contributed by atoms with Crippen molar-refractivity contribution in [2.75, 3.05) is 26.2 Å². The Balaban J connectivity index is 1.56. The lowest BCUT2D eigenvalue weighted by atomic mass is 9.91. The predicted molar refractivity (Wildman–Crippen MR) is 88.9 cm³/mol. The number of aliphatic hydroxyl groups is 1. The van der Waals surface area contributed by atoms with Crippen LogP contribution in [0, 0.1) is 0 Å². The number of hydrogen-bond acceptors (Lipinski definition) is 4. The van der Waals surface area contributed by atoms with Crippen molar-refractivity contribution in [1.82, 2.24) is 4.90 Å². The highest BCUT2D eigenvalue weighted by Gasteiger charge is 2.30. The lowest BCUT2D eigenvalue weighted by Gasteiger charge is -2.37. The highest BCUT2D eigenvalue weighted by atomic mass is 16.3. The molecule has 1 aliphatic rings. The number of unbranched alkanes of at least 4 members (excludes halogenated alkanes) is 2. The summed E-state index contributed by atoms with van der Waals surface area (Å²) in [5, 5.41) is 10.1. The minimum absolute atomic E-state index is 0.242. The largest absolute Gasteiger partial charge is 0.388 e. The van der Waals surface area contributed by atoms with Crippen molar-refractivity contribution in [3.63, 3.8) is 0 Å². The normalized spacial score (nSPS) is 18.3. The van der Waals surface area contributed by atoms with E-state index in [1.807, 2.05) is 30.3 Å². The second-order valence-corrected chi connectivity index (χ2v) is 6.37. The van der Waals surface area contributed by atoms with Crippen LogP contribution in [0.2, 0.25) is 0 Å². The Morgan fingerprint density at radius 3 is 2.45 bits per heavy atom. The first-order chi connectivity index (χ1) is 10.6. The third-order valence-corrected chi connectivity index (χ3v) is 4.64. The summed E-state index contributed by atoms with van der Waals surface area (Å²) in [6.07, 6.45) is 5.33. The molecule has 0 saturated carbocycles. The average molecular weight is 304 g/mol. The van der Waals surface area contributed by atoms with Gasteiger partial charge in [0.1, 0.15) is 0 Å². The average Bonchev–Trinajstić information content (AvgIpc) is 2.57. The Hall–Kier alpha value is -1.23. The first-order valence-corrected chi connectivity index (χ1v) is 8.36. The van der Waals surface area contributed by atoms with Crippen LogP contribution in [0.5, 0.6) is 0 Å². The summed E-state index contributed by atoms with van der Waals surface area (Å²) in [7, 11) is 0. The molecule has 0 amide bonds. The quantitative estimate of drug-likeness (QED) is 0.571. The second kappa shape index (κ2) is 8.42. The number of Topliss-reactive ketones (excluding diaryl/α,β-unsaturated/α-hetero) is 1. The lowest BCUT2D eigenvalue weighted by molar-refractivity contribution is -0.0136. The van der Waals surface area contributed by atoms with Crippen molar-refractivity contribution < 1.29 is 9.90 Å². The molecule has 2 rings (SSSR count). The molecule has 0 aliphatic carbocycles. The highest BCUT2D eigenvalue weighted by Crippen LogP contribution is 2.21. The highest BCUT2D eigenvalue weighted by molar-refractivity contribution is 5.95. The van der Waals surface area contributed by atoms with E-state index in [0.717, 1.165) is 57.3 Å². The Kier molecular flexibility index (Phi) is 6.55. The molecule has 0 atom stereocenters. The number of carbonyl (C=O) groups is 1. The fourth-order valence-electron chi connectivity index (χ4n) is 2.96. The lowest BCUT2D eigenvalue weighted by Crippen LogP contribution is -2.48. The van der Waals surface area contributed by atoms with Crippen LogP contribution in [0.3, 0.4) is 0 Å². The molecule has 122 valence electrons. The minimum atomic E-state index is -0.640. The number of ketones is 1. The smallest absolute Gasteiger partial charge is 0.162 e. The number of carbonyl (C=O) groups excluding carboxylic acids is 1. The van der Waals surface area contributed by atoms with E-state index in [2.05, 4.69) is 4.90 Å². The summed E-state index contributed by atoms with van der Waals surface area (Å²) in [6.45, 7) is 3.27. The van der Waals surface area contributed by atoms with Gasteiger partial charge in [0.2, 0.25) is 0 Å². The molecular weight excluding hydrogens is 276 g/mol. The van der Waals surface area contributed by atoms with E-state index < -0.39 is 5.60 Å². The maximum atomic E-state index is 12.0. The Morgan fingerprint density at radius 2 is 1.82 bits per heavy atom. The van der Waals surface area contributed by atoms with E-state index in [0.29, 0.717) is 13.0 Å². The molecule has 0 aromatic heterocycles. The molecule has 0 radical (unpaired) electrons. The fourth-order valence-corrected chi connectivity index (χ4v) is 2.96. The Morgan fingerprint density at radius 1 is 1.14 bits per heavy atom. The van der Waals surface area contributed by atoms with Gasteiger partial charge in [-0.15, -0.1) is 0 Å². The summed E-state index contributed by atoms with van der Waals surface area (Å²) >= 11 is 0. The predicted octanol–water partition coefficient (Wildman–Crippen LogP) is 2.22. The fraction of sp³-hybridized carbons (Fsp3) is 0.611. The minimum Gasteiger partial charge on any atom is -0.388 e. The summed E-state index contributed by atoms with van der Waals surface area (Å²) in [5.41, 5.74) is 5.78. The molecule has 1 aromatic rings. The molecule has 1 fully saturated rings. The van der Waals surface area contributed by atoms with Gasteiger partial charge in [-0.3, -0.25) is 4.79 Å². The van der Waals surface area contributed by atoms with Crippen molar-refractivity contribution in [3.05, 3.63) is 35.9 Å². The molecule has 1 heterocycles. The molecule has 0 unspecified atom stereocenters. The van der Waals surface area contributed by atoms with Gasteiger partial charge in [0.05, 0.1) is 5.60 Å². The van der Waals surface area contributed by atoms with Gasteiger partial charge >= 0.3 is 0 Å². The second-order valence-electron chi connectivity index (χ2n) is 6.37. The summed E-state index contributed by atoms with van der Waals surface area (Å²) < 4.78 is 0. The zero-order valence-electron chi connectivity index (χ0n) is 13.3. The first-order valence-electron chi connectivity index (χ1n) is 8.36. The number of benzene rings is 1. The molecule has 22 heavy (non-hydrogen) atoms. The topological polar surface area (TPSA) is 66.6 Å². The van der Waals surface area contributed by atoms with Gasteiger partial charge in [-0.05, 0) is 32.2 Å². The molecule has 3 N–H and O–H groups in total. The molecule has 4 heteroatoms. The number of rotatable bonds is 8. The van der Waals surface area contributed by atoms with Crippen molar-refractivity contribution in [2.24, 2.45) is 5.73 Å². The van der Waals surface area contributed by atoms with Crippen LogP contribution in [-0.2, 0) is 0 Å². The van der Waals surface area contributed by atoms with E-state index in [4.69, 9.17) is 5.73 Å². The number of likely N-dealkylation sites (tertiary alicyclic amines) is 1. The number of nitrogens with two attached hydrogens (primary N) is 1. The van der Waals surface area contributed by atoms with Crippen LogP contribution < -0.4 is 5.73 Å². The Bertz CT molecular complexity index is 453. The van der Waals surface area contributed by atoms with Crippen molar-refractivity contribution in [3.8, 4) is 0 Å². The van der Waals surface area contributed by atoms with Crippen molar-refractivity contribution >= 4 is 5.78 Å². The van der Waals surface area contributed by atoms with Gasteiger partial charge in [-0.1, -0.05) is 36.8 Å². The van der Waals surface area contributed by atoms with E-state index in [-0.39, 0.29) is 5.78 Å². The van der Waals surface area contributed by atoms with Crippen molar-refractivity contribution in [2.45, 2.75) is 44.1 Å². The summed E-state index contributed by atoms with van der Waals surface area (Å²) in [5.74, 6) is 0.242. The standard InChI is InChI=1S/C18H28N2O2/c19-15-18(22)10-13-20(14-11-18)12-6-2-5-9-17(21)16-7-3-1-4-8-16/h1,3-4,7-8,22H,2,5-6,9-15,19H2. The maximum absolute atomic E-state index is 12.0. The van der Waals surface area contributed by atoms with Gasteiger partial charge in [-0.25, -0.2) is 0 Å². The van der Waals surface area contributed by atoms with Crippen LogP contribution in [-0.4, -0.2) is 47.6 Å². The maximum Gasteiger partial charge on any atom is 0.162 e. The van der Waals surface area contributed by atoms with Crippen molar-refractivity contribution in [1.29, 1.82) is 0 Å². The number of nitrogens with zero attached hydrogens (tertiary/aromatic N) is 1. The van der Waals surface area contributed by atoms with Gasteiger partial charge in [-0.2, -0.15) is 0 Å². The van der Waals surface area contributed by atoms with Crippen LogP contribution in [0.1, 0.15) is 48.9 Å². The Labute approximate surface area is 133 Å². The van der Waals surface area contributed by atoms with E-state index in [1.165, 1.54) is 0 Å². The monoisotopic (exact) mass is 304 g/mol. The zero-order chi connectivity index (χ0) is 15.8. The molecule has 1 saturated heterocycles. The molecule has 1 aromatic carbocycles. The molecule has 0 bridgehead atoms. The van der Waals surface area contributed by atoms with Crippen LogP contribution in [0.25, 0.3) is 0 Å². The molecule has 0 spiro atoms. The third kappa shape index (κ3) is 5.20. The van der Waals surface area contributed by atoms with E-state index in [9.17, 15) is 9.90 Å². The molecule has 4 nitrogen and oxygen atoms in total.